The zero-order valence-electron chi connectivity index (χ0n) is 20.1. The van der Waals surface area contributed by atoms with Crippen molar-refractivity contribution in [3.05, 3.63) is 33.7 Å². The molecule has 1 aliphatic heterocycles. The van der Waals surface area contributed by atoms with Gasteiger partial charge in [0, 0.05) is 44.1 Å². The van der Waals surface area contributed by atoms with Gasteiger partial charge in [-0.1, -0.05) is 32.9 Å². The number of aryl methyl sites for hydroxylation is 1. The number of carboxylic acids is 1. The van der Waals surface area contributed by atoms with Crippen molar-refractivity contribution < 1.29 is 41.5 Å². The van der Waals surface area contributed by atoms with E-state index in [1.165, 1.54) is 11.8 Å². The summed E-state index contributed by atoms with van der Waals surface area (Å²) in [5, 5.41) is 18.2. The van der Waals surface area contributed by atoms with Gasteiger partial charge in [0.1, 0.15) is 17.7 Å². The molecule has 3 heterocycles. The molecule has 0 saturated carbocycles. The number of esters is 1. The number of anilines is 1. The molecule has 0 aliphatic carbocycles. The van der Waals surface area contributed by atoms with Gasteiger partial charge in [-0.25, -0.2) is 9.97 Å². The molecule has 1 aliphatic rings. The Morgan fingerprint density at radius 2 is 2.11 bits per heavy atom. The average Bonchev–Trinajstić information content (AvgIpc) is 3.39. The van der Waals surface area contributed by atoms with E-state index in [2.05, 4.69) is 14.5 Å². The number of aliphatic hydroxyl groups is 1. The largest absolute Gasteiger partial charge is 1.00 e. The van der Waals surface area contributed by atoms with Crippen LogP contribution in [-0.2, 0) is 27.3 Å². The molecule has 0 bridgehead atoms. The molecule has 0 radical (unpaired) electrons. The summed E-state index contributed by atoms with van der Waals surface area (Å²) < 4.78 is 7.10. The summed E-state index contributed by atoms with van der Waals surface area (Å²) in [5.74, 6) is 1.06. The van der Waals surface area contributed by atoms with Gasteiger partial charge in [-0.3, -0.25) is 9.59 Å². The molecule has 2 atom stereocenters. The fourth-order valence-corrected chi connectivity index (χ4v) is 7.32. The van der Waals surface area contributed by atoms with Crippen LogP contribution in [0.25, 0.3) is 0 Å². The molecule has 196 valence electrons. The minimum Gasteiger partial charge on any atom is -1.00 e. The van der Waals surface area contributed by atoms with Crippen molar-refractivity contribution in [1.82, 2.24) is 9.97 Å². The monoisotopic (exact) mass is 564 g/mol. The summed E-state index contributed by atoms with van der Waals surface area (Å²) in [4.78, 5) is 30.9. The van der Waals surface area contributed by atoms with E-state index in [0.717, 1.165) is 29.9 Å². The van der Waals surface area contributed by atoms with E-state index in [-0.39, 0.29) is 25.4 Å². The highest BCUT2D eigenvalue weighted by Gasteiger charge is 2.22. The Kier molecular flexibility index (Phi) is 14.6. The minimum atomic E-state index is -0.917. The maximum Gasteiger partial charge on any atom is 0.307 e. The second-order valence-corrected chi connectivity index (χ2v) is 11.6. The van der Waals surface area contributed by atoms with Crippen molar-refractivity contribution in [1.29, 1.82) is 0 Å². The minimum absolute atomic E-state index is 0. The van der Waals surface area contributed by atoms with E-state index >= 15 is 0 Å². The Morgan fingerprint density at radius 1 is 1.37 bits per heavy atom. The quantitative estimate of drug-likeness (QED) is 0.204. The molecule has 9 nitrogen and oxygen atoms in total. The molecular weight excluding hydrogens is 532 g/mol. The molecule has 1 saturated heterocycles. The molecule has 0 amide bonds. The Balaban J connectivity index is 0.000000343. The number of nitrogens with two attached hydrogens (primary N) is 1. The van der Waals surface area contributed by atoms with Gasteiger partial charge in [-0.05, 0) is 26.2 Å². The number of ether oxygens (including phenoxy) is 1. The fourth-order valence-electron chi connectivity index (χ4n) is 3.34. The highest BCUT2D eigenvalue weighted by Crippen LogP contribution is 2.40. The number of halogens is 1. The van der Waals surface area contributed by atoms with Gasteiger partial charge in [0.05, 0.1) is 16.9 Å². The van der Waals surface area contributed by atoms with Crippen molar-refractivity contribution in [2.75, 3.05) is 18.1 Å². The lowest BCUT2D eigenvalue weighted by Crippen LogP contribution is -3.00. The van der Waals surface area contributed by atoms with Crippen LogP contribution < -0.4 is 22.7 Å². The van der Waals surface area contributed by atoms with E-state index in [0.29, 0.717) is 36.3 Å². The van der Waals surface area contributed by atoms with Gasteiger partial charge >= 0.3 is 11.9 Å². The van der Waals surface area contributed by atoms with E-state index < -0.39 is 18.0 Å². The number of aliphatic hydroxyl groups excluding tert-OH is 1. The predicted octanol–water partition coefficient (Wildman–Crippen LogP) is -0.0616. The zero-order valence-corrected chi connectivity index (χ0v) is 23.3. The second-order valence-electron chi connectivity index (χ2n) is 7.90. The highest BCUT2D eigenvalue weighted by atomic mass is 35.5. The molecular formula is C22H33ClN4O5S3. The SMILES string of the molecule is CC(=O)OC(CCC1CCSS1)CC(=O)O.Cc1ncc(C[n+]2csc(CCO)c2C)c(N)n1.[Cl-]. The summed E-state index contributed by atoms with van der Waals surface area (Å²) in [5.41, 5.74) is 10.0. The number of thiazole rings is 1. The number of carbonyl (C=O) groups is 2. The van der Waals surface area contributed by atoms with Gasteiger partial charge in [-0.2, -0.15) is 4.57 Å². The van der Waals surface area contributed by atoms with Crippen LogP contribution in [0.2, 0.25) is 0 Å². The number of hydrogen-bond donors (Lipinski definition) is 3. The summed E-state index contributed by atoms with van der Waals surface area (Å²) >= 11 is 1.65. The Hall–Kier alpha value is -1.60. The van der Waals surface area contributed by atoms with Crippen LogP contribution in [0.1, 0.15) is 54.6 Å². The van der Waals surface area contributed by atoms with E-state index in [1.54, 1.807) is 17.5 Å². The lowest BCUT2D eigenvalue weighted by Gasteiger charge is -2.16. The summed E-state index contributed by atoms with van der Waals surface area (Å²) in [7, 11) is 3.71. The van der Waals surface area contributed by atoms with Gasteiger partial charge in [0.25, 0.3) is 0 Å². The highest BCUT2D eigenvalue weighted by molar-refractivity contribution is 8.77. The lowest BCUT2D eigenvalue weighted by molar-refractivity contribution is -0.689. The number of carbonyl (C=O) groups excluding carboxylic acids is 1. The average molecular weight is 565 g/mol. The third-order valence-electron chi connectivity index (χ3n) is 5.13. The number of rotatable bonds is 10. The zero-order chi connectivity index (χ0) is 25.1. The number of carboxylic acid groups (broad SMARTS) is 1. The first-order valence-corrected chi connectivity index (χ1v) is 14.3. The third kappa shape index (κ3) is 11.3. The van der Waals surface area contributed by atoms with Gasteiger partial charge in [0.15, 0.2) is 12.2 Å². The van der Waals surface area contributed by atoms with Crippen molar-refractivity contribution >= 4 is 50.7 Å². The predicted molar refractivity (Wildman–Crippen MR) is 136 cm³/mol. The standard InChI is InChI=1S/C12H17N4OS.C10H16O4S2.ClH/c1-8-11(3-4-17)18-7-16(8)6-10-5-14-9(2)15-12(10)13;1-7(11)14-8(6-10(12)13)2-3-9-4-5-15-16-9;/h5,7,17H,3-4,6H2,1-2H3,(H2,13,14,15);8-9H,2-6H2,1H3,(H,12,13);1H/q+1;;/p-1. The lowest BCUT2D eigenvalue weighted by atomic mass is 10.1. The van der Waals surface area contributed by atoms with E-state index in [1.807, 2.05) is 40.9 Å². The maximum absolute atomic E-state index is 10.8. The first-order chi connectivity index (χ1) is 16.2. The summed E-state index contributed by atoms with van der Waals surface area (Å²) in [6, 6.07) is 0. The number of aliphatic carboxylic acids is 1. The third-order valence-corrected chi connectivity index (χ3v) is 9.28. The first kappa shape index (κ1) is 31.4. The molecule has 0 aromatic carbocycles. The molecule has 2 aromatic rings. The van der Waals surface area contributed by atoms with Crippen LogP contribution in [0.3, 0.4) is 0 Å². The molecule has 1 fully saturated rings. The van der Waals surface area contributed by atoms with Crippen molar-refractivity contribution in [2.45, 2.75) is 70.8 Å². The van der Waals surface area contributed by atoms with Crippen LogP contribution in [0.5, 0.6) is 0 Å². The summed E-state index contributed by atoms with van der Waals surface area (Å²) in [6.07, 6.45) is 4.63. The Morgan fingerprint density at radius 3 is 2.69 bits per heavy atom. The van der Waals surface area contributed by atoms with Crippen molar-refractivity contribution in [2.24, 2.45) is 0 Å². The first-order valence-electron chi connectivity index (χ1n) is 11.0. The van der Waals surface area contributed by atoms with Gasteiger partial charge < -0.3 is 33.1 Å². The molecule has 2 unspecified atom stereocenters. The molecule has 2 aromatic heterocycles. The van der Waals surface area contributed by atoms with E-state index in [9.17, 15) is 9.59 Å². The molecule has 4 N–H and O–H groups in total. The molecule has 13 heteroatoms. The normalized spacial score (nSPS) is 15.5. The van der Waals surface area contributed by atoms with Crippen LogP contribution >= 0.6 is 32.9 Å². The van der Waals surface area contributed by atoms with Crippen LogP contribution in [-0.4, -0.2) is 55.8 Å². The number of aromatic nitrogens is 3. The van der Waals surface area contributed by atoms with Crippen LogP contribution in [0, 0.1) is 13.8 Å². The number of nitrogen functional groups attached to an aromatic ring is 1. The van der Waals surface area contributed by atoms with Gasteiger partial charge in [-0.15, -0.1) is 0 Å². The number of hydrogen-bond acceptors (Lipinski definition) is 10. The topological polar surface area (TPSA) is 140 Å². The summed E-state index contributed by atoms with van der Waals surface area (Å²) in [6.45, 7) is 6.03. The molecule has 0 spiro atoms. The molecule has 35 heavy (non-hydrogen) atoms. The van der Waals surface area contributed by atoms with Crippen molar-refractivity contribution in [3.8, 4) is 0 Å². The maximum atomic E-state index is 10.8. The second kappa shape index (κ2) is 16.2. The van der Waals surface area contributed by atoms with Crippen molar-refractivity contribution in [3.63, 3.8) is 0 Å². The smallest absolute Gasteiger partial charge is 0.307 e. The number of nitrogens with zero attached hydrogens (tertiary/aromatic N) is 3. The Labute approximate surface area is 224 Å². The van der Waals surface area contributed by atoms with Crippen LogP contribution in [0.15, 0.2) is 11.7 Å². The fraction of sp³-hybridized carbons (Fsp3) is 0.591. The molecule has 3 rings (SSSR count). The van der Waals surface area contributed by atoms with Crippen LogP contribution in [0.4, 0.5) is 5.82 Å². The Bertz CT molecular complexity index is 941. The van der Waals surface area contributed by atoms with Gasteiger partial charge in [0.2, 0.25) is 5.51 Å². The van der Waals surface area contributed by atoms with E-state index in [4.69, 9.17) is 20.7 Å².